The molecule has 0 spiro atoms. The highest BCUT2D eigenvalue weighted by Gasteiger charge is 2.29. The third-order valence-electron chi connectivity index (χ3n) is 5.84. The van der Waals surface area contributed by atoms with Crippen molar-refractivity contribution in [2.75, 3.05) is 0 Å². The van der Waals surface area contributed by atoms with Crippen LogP contribution in [0.3, 0.4) is 0 Å². The lowest BCUT2D eigenvalue weighted by atomic mass is 9.69. The molecule has 2 aliphatic carbocycles. The van der Waals surface area contributed by atoms with Gasteiger partial charge < -0.3 is 0 Å². The summed E-state index contributed by atoms with van der Waals surface area (Å²) in [6.07, 6.45) is 10.5. The van der Waals surface area contributed by atoms with Crippen molar-refractivity contribution in [2.24, 2.45) is 23.7 Å². The first-order chi connectivity index (χ1) is 11.1. The maximum Gasteiger partial charge on any atom is 0.160 e. The van der Waals surface area contributed by atoms with Crippen LogP contribution in [0.2, 0.25) is 0 Å². The van der Waals surface area contributed by atoms with Crippen LogP contribution in [0.4, 0.5) is 8.78 Å². The molecule has 0 bridgehead atoms. The third-order valence-corrected chi connectivity index (χ3v) is 5.84. The van der Waals surface area contributed by atoms with Gasteiger partial charge in [0.2, 0.25) is 0 Å². The van der Waals surface area contributed by atoms with Crippen LogP contribution in [0.5, 0.6) is 0 Å². The van der Waals surface area contributed by atoms with E-state index < -0.39 is 11.6 Å². The molecule has 1 aromatic rings. The highest BCUT2D eigenvalue weighted by Crippen LogP contribution is 2.41. The zero-order valence-electron chi connectivity index (χ0n) is 14.0. The maximum atomic E-state index is 13.2. The fourth-order valence-electron chi connectivity index (χ4n) is 4.25. The Labute approximate surface area is 138 Å². The van der Waals surface area contributed by atoms with Gasteiger partial charge in [0, 0.05) is 11.5 Å². The van der Waals surface area contributed by atoms with Crippen LogP contribution in [0, 0.1) is 47.1 Å². The molecule has 0 unspecified atom stereocenters. The average molecular weight is 316 g/mol. The normalized spacial score (nSPS) is 31.3. The molecule has 2 heteroatoms. The van der Waals surface area contributed by atoms with E-state index in [0.29, 0.717) is 11.5 Å². The van der Waals surface area contributed by atoms with Crippen molar-refractivity contribution >= 4 is 0 Å². The zero-order valence-corrected chi connectivity index (χ0v) is 14.0. The summed E-state index contributed by atoms with van der Waals surface area (Å²) in [5, 5.41) is 0. The van der Waals surface area contributed by atoms with Gasteiger partial charge in [-0.1, -0.05) is 31.6 Å². The quantitative estimate of drug-likeness (QED) is 0.562. The Hall–Kier alpha value is -1.36. The van der Waals surface area contributed by atoms with E-state index >= 15 is 0 Å². The van der Waals surface area contributed by atoms with Crippen molar-refractivity contribution in [3.8, 4) is 11.8 Å². The number of halogens is 2. The molecule has 1 aromatic carbocycles. The van der Waals surface area contributed by atoms with Gasteiger partial charge in [0.1, 0.15) is 0 Å². The lowest BCUT2D eigenvalue weighted by Crippen LogP contribution is -2.24. The van der Waals surface area contributed by atoms with Crippen LogP contribution in [-0.2, 0) is 0 Å². The van der Waals surface area contributed by atoms with E-state index in [1.54, 1.807) is 6.07 Å². The molecule has 23 heavy (non-hydrogen) atoms. The molecule has 0 atom stereocenters. The number of hydrogen-bond donors (Lipinski definition) is 0. The molecule has 0 saturated heterocycles. The molecule has 0 heterocycles. The summed E-state index contributed by atoms with van der Waals surface area (Å²) in [5.74, 6) is 7.85. The van der Waals surface area contributed by atoms with Gasteiger partial charge >= 0.3 is 0 Å². The molecular formula is C21H26F2. The van der Waals surface area contributed by atoms with Crippen molar-refractivity contribution in [2.45, 2.75) is 58.3 Å². The fraction of sp³-hybridized carbons (Fsp3) is 0.619. The summed E-state index contributed by atoms with van der Waals surface area (Å²) in [7, 11) is 0. The summed E-state index contributed by atoms with van der Waals surface area (Å²) in [5.41, 5.74) is 0.576. The van der Waals surface area contributed by atoms with Crippen molar-refractivity contribution in [3.05, 3.63) is 35.4 Å². The minimum atomic E-state index is -0.813. The second kappa shape index (κ2) is 7.47. The topological polar surface area (TPSA) is 0 Å². The van der Waals surface area contributed by atoms with Gasteiger partial charge in [0.25, 0.3) is 0 Å². The van der Waals surface area contributed by atoms with E-state index in [1.165, 1.54) is 44.6 Å². The Morgan fingerprint density at radius 3 is 2.04 bits per heavy atom. The summed E-state index contributed by atoms with van der Waals surface area (Å²) in [4.78, 5) is 0. The smallest absolute Gasteiger partial charge is 0.160 e. The Bertz CT molecular complexity index is 580. The first kappa shape index (κ1) is 16.5. The van der Waals surface area contributed by atoms with Crippen LogP contribution in [-0.4, -0.2) is 0 Å². The van der Waals surface area contributed by atoms with Gasteiger partial charge in [-0.05, 0) is 74.5 Å². The number of benzene rings is 1. The van der Waals surface area contributed by atoms with Gasteiger partial charge in [-0.2, -0.15) is 0 Å². The predicted octanol–water partition coefficient (Wildman–Crippen LogP) is 5.95. The highest BCUT2D eigenvalue weighted by molar-refractivity contribution is 5.35. The van der Waals surface area contributed by atoms with Crippen LogP contribution in [0.15, 0.2) is 18.2 Å². The molecular weight excluding hydrogens is 290 g/mol. The summed E-state index contributed by atoms with van der Waals surface area (Å²) >= 11 is 0. The molecule has 2 saturated carbocycles. The second-order valence-electron chi connectivity index (χ2n) is 7.53. The molecule has 2 aliphatic rings. The van der Waals surface area contributed by atoms with Crippen LogP contribution < -0.4 is 0 Å². The molecule has 3 rings (SSSR count). The van der Waals surface area contributed by atoms with E-state index in [0.717, 1.165) is 36.7 Å². The molecule has 0 radical (unpaired) electrons. The molecule has 0 aliphatic heterocycles. The van der Waals surface area contributed by atoms with E-state index in [1.807, 2.05) is 0 Å². The Morgan fingerprint density at radius 1 is 0.826 bits per heavy atom. The Kier molecular flexibility index (Phi) is 5.36. The lowest BCUT2D eigenvalue weighted by Gasteiger charge is -2.36. The van der Waals surface area contributed by atoms with Crippen LogP contribution >= 0.6 is 0 Å². The van der Waals surface area contributed by atoms with E-state index in [4.69, 9.17) is 0 Å². The lowest BCUT2D eigenvalue weighted by molar-refractivity contribution is 0.162. The Balaban J connectivity index is 1.51. The van der Waals surface area contributed by atoms with Gasteiger partial charge in [-0.3, -0.25) is 0 Å². The van der Waals surface area contributed by atoms with Gasteiger partial charge in [-0.15, -0.1) is 0 Å². The van der Waals surface area contributed by atoms with Crippen molar-refractivity contribution in [1.82, 2.24) is 0 Å². The molecule has 2 fully saturated rings. The first-order valence-electron chi connectivity index (χ1n) is 9.08. The molecule has 0 N–H and O–H groups in total. The minimum Gasteiger partial charge on any atom is -0.204 e. The Morgan fingerprint density at radius 2 is 1.43 bits per heavy atom. The second-order valence-corrected chi connectivity index (χ2v) is 7.53. The minimum absolute atomic E-state index is 0.418. The van der Waals surface area contributed by atoms with E-state index in [9.17, 15) is 8.78 Å². The molecule has 124 valence electrons. The van der Waals surface area contributed by atoms with Crippen molar-refractivity contribution < 1.29 is 8.78 Å². The van der Waals surface area contributed by atoms with Crippen molar-refractivity contribution in [1.29, 1.82) is 0 Å². The molecule has 0 aromatic heterocycles. The standard InChI is InChI=1S/C21H26F2/c1-15-2-9-18(10-3-15)19-11-6-16(7-12-19)4-5-17-8-13-20(22)21(23)14-17/h8,13-16,18-19H,2-3,6-7,9-12H2,1H3/t15-,16-,18-,19-. The molecule has 0 amide bonds. The van der Waals surface area contributed by atoms with Crippen LogP contribution in [0.1, 0.15) is 63.9 Å². The summed E-state index contributed by atoms with van der Waals surface area (Å²) in [6, 6.07) is 3.90. The van der Waals surface area contributed by atoms with Gasteiger partial charge in [0.05, 0.1) is 0 Å². The number of rotatable bonds is 1. The SMILES string of the molecule is C[C@H]1CC[C@H]([C@H]2CC[C@H](C#Cc3ccc(F)c(F)c3)CC2)CC1. The van der Waals surface area contributed by atoms with Gasteiger partial charge in [0.15, 0.2) is 11.6 Å². The fourth-order valence-corrected chi connectivity index (χ4v) is 4.25. The predicted molar refractivity (Wildman–Crippen MR) is 89.8 cm³/mol. The van der Waals surface area contributed by atoms with E-state index in [2.05, 4.69) is 18.8 Å². The van der Waals surface area contributed by atoms with Crippen LogP contribution in [0.25, 0.3) is 0 Å². The monoisotopic (exact) mass is 316 g/mol. The largest absolute Gasteiger partial charge is 0.204 e. The van der Waals surface area contributed by atoms with E-state index in [-0.39, 0.29) is 0 Å². The van der Waals surface area contributed by atoms with Gasteiger partial charge in [-0.25, -0.2) is 8.78 Å². The molecule has 0 nitrogen and oxygen atoms in total. The highest BCUT2D eigenvalue weighted by atomic mass is 19.2. The average Bonchev–Trinajstić information content (AvgIpc) is 2.57. The first-order valence-corrected chi connectivity index (χ1v) is 9.08. The summed E-state index contributed by atoms with van der Waals surface area (Å²) < 4.78 is 26.1. The van der Waals surface area contributed by atoms with Crippen molar-refractivity contribution in [3.63, 3.8) is 0 Å². The summed E-state index contributed by atoms with van der Waals surface area (Å²) in [6.45, 7) is 2.38. The zero-order chi connectivity index (χ0) is 16.2. The maximum absolute atomic E-state index is 13.2. The third kappa shape index (κ3) is 4.34. The number of hydrogen-bond acceptors (Lipinski definition) is 0.